The Labute approximate surface area is 111 Å². The highest BCUT2D eigenvalue weighted by atomic mass is 16.5. The van der Waals surface area contributed by atoms with Crippen LogP contribution < -0.4 is 15.4 Å². The number of nitrogens with one attached hydrogen (secondary N) is 2. The molecule has 3 nitrogen and oxygen atoms in total. The number of unbranched alkanes of at least 4 members (excludes halogenated alkanes) is 1. The van der Waals surface area contributed by atoms with E-state index < -0.39 is 0 Å². The summed E-state index contributed by atoms with van der Waals surface area (Å²) in [5.74, 6) is 1.47. The lowest BCUT2D eigenvalue weighted by Gasteiger charge is -2.14. The van der Waals surface area contributed by atoms with E-state index in [4.69, 9.17) is 4.74 Å². The Hall–Kier alpha value is -1.22. The third kappa shape index (κ3) is 4.57. The predicted octanol–water partition coefficient (Wildman–Crippen LogP) is 3.23. The van der Waals surface area contributed by atoms with E-state index in [2.05, 4.69) is 42.7 Å². The predicted molar refractivity (Wildman–Crippen MR) is 78.7 cm³/mol. The quantitative estimate of drug-likeness (QED) is 0.695. The molecule has 1 rings (SSSR count). The molecular weight excluding hydrogens is 224 g/mol. The van der Waals surface area contributed by atoms with Gasteiger partial charge in [-0.25, -0.2) is 0 Å². The maximum Gasteiger partial charge on any atom is 0.142 e. The first-order valence-corrected chi connectivity index (χ1v) is 6.75. The average Bonchev–Trinajstić information content (AvgIpc) is 2.38. The van der Waals surface area contributed by atoms with Gasteiger partial charge in [-0.15, -0.1) is 0 Å². The fraction of sp³-hybridized carbons (Fsp3) is 0.600. The van der Waals surface area contributed by atoms with Crippen LogP contribution in [0, 0.1) is 0 Å². The number of ether oxygens (including phenoxy) is 1. The lowest BCUT2D eigenvalue weighted by Crippen LogP contribution is -2.10. The van der Waals surface area contributed by atoms with Crippen molar-refractivity contribution >= 4 is 5.69 Å². The van der Waals surface area contributed by atoms with Gasteiger partial charge in [0.15, 0.2) is 0 Å². The Bertz CT molecular complexity index is 350. The summed E-state index contributed by atoms with van der Waals surface area (Å²) in [4.78, 5) is 0. The molecule has 102 valence electrons. The molecule has 0 saturated carbocycles. The molecule has 0 aliphatic heterocycles. The van der Waals surface area contributed by atoms with Crippen LogP contribution >= 0.6 is 0 Å². The Morgan fingerprint density at radius 2 is 1.89 bits per heavy atom. The summed E-state index contributed by atoms with van der Waals surface area (Å²) in [7, 11) is 3.71. The first-order chi connectivity index (χ1) is 8.69. The maximum absolute atomic E-state index is 5.44. The van der Waals surface area contributed by atoms with Gasteiger partial charge < -0.3 is 15.4 Å². The van der Waals surface area contributed by atoms with E-state index in [1.54, 1.807) is 7.11 Å². The largest absolute Gasteiger partial charge is 0.495 e. The van der Waals surface area contributed by atoms with Crippen LogP contribution in [-0.2, 0) is 0 Å². The summed E-state index contributed by atoms with van der Waals surface area (Å²) in [5.41, 5.74) is 2.40. The van der Waals surface area contributed by atoms with Crippen molar-refractivity contribution in [3.63, 3.8) is 0 Å². The van der Waals surface area contributed by atoms with Crippen molar-refractivity contribution < 1.29 is 4.74 Å². The van der Waals surface area contributed by atoms with Crippen LogP contribution in [0.4, 0.5) is 5.69 Å². The molecule has 2 N–H and O–H groups in total. The smallest absolute Gasteiger partial charge is 0.142 e. The Morgan fingerprint density at radius 3 is 2.50 bits per heavy atom. The standard InChI is InChI=1S/C15H26N2O/c1-12(2)13-7-8-14(15(11-13)18-4)17-10-6-5-9-16-3/h7-8,11-12,16-17H,5-6,9-10H2,1-4H3. The summed E-state index contributed by atoms with van der Waals surface area (Å²) in [6.07, 6.45) is 2.35. The number of anilines is 1. The molecule has 0 saturated heterocycles. The van der Waals surface area contributed by atoms with Gasteiger partial charge in [-0.1, -0.05) is 19.9 Å². The van der Waals surface area contributed by atoms with Gasteiger partial charge in [-0.3, -0.25) is 0 Å². The summed E-state index contributed by atoms with van der Waals surface area (Å²) in [5, 5.41) is 6.59. The van der Waals surface area contributed by atoms with Gasteiger partial charge in [0.05, 0.1) is 12.8 Å². The Balaban J connectivity index is 2.54. The molecule has 18 heavy (non-hydrogen) atoms. The van der Waals surface area contributed by atoms with Gasteiger partial charge in [-0.2, -0.15) is 0 Å². The molecule has 0 unspecified atom stereocenters. The summed E-state index contributed by atoms with van der Waals surface area (Å²) in [6.45, 7) is 6.45. The van der Waals surface area contributed by atoms with Crippen molar-refractivity contribution in [2.24, 2.45) is 0 Å². The van der Waals surface area contributed by atoms with Crippen LogP contribution in [0.25, 0.3) is 0 Å². The fourth-order valence-electron chi connectivity index (χ4n) is 1.86. The zero-order valence-electron chi connectivity index (χ0n) is 12.0. The van der Waals surface area contributed by atoms with Gasteiger partial charge in [0.2, 0.25) is 0 Å². The van der Waals surface area contributed by atoms with Crippen molar-refractivity contribution in [2.45, 2.75) is 32.6 Å². The van der Waals surface area contributed by atoms with Crippen molar-refractivity contribution in [1.82, 2.24) is 5.32 Å². The highest BCUT2D eigenvalue weighted by Crippen LogP contribution is 2.28. The topological polar surface area (TPSA) is 33.3 Å². The lowest BCUT2D eigenvalue weighted by molar-refractivity contribution is 0.415. The van der Waals surface area contributed by atoms with Crippen molar-refractivity contribution in [1.29, 1.82) is 0 Å². The monoisotopic (exact) mass is 250 g/mol. The van der Waals surface area contributed by atoms with Gasteiger partial charge >= 0.3 is 0 Å². The van der Waals surface area contributed by atoms with E-state index in [0.29, 0.717) is 5.92 Å². The average molecular weight is 250 g/mol. The van der Waals surface area contributed by atoms with Crippen LogP contribution in [0.15, 0.2) is 18.2 Å². The third-order valence-corrected chi connectivity index (χ3v) is 3.06. The van der Waals surface area contributed by atoms with Crippen LogP contribution in [0.2, 0.25) is 0 Å². The molecule has 1 aromatic rings. The number of hydrogen-bond donors (Lipinski definition) is 2. The van der Waals surface area contributed by atoms with Gasteiger partial charge in [0.25, 0.3) is 0 Å². The van der Waals surface area contributed by atoms with E-state index in [-0.39, 0.29) is 0 Å². The molecule has 0 aliphatic carbocycles. The summed E-state index contributed by atoms with van der Waals surface area (Å²) >= 11 is 0. The summed E-state index contributed by atoms with van der Waals surface area (Å²) < 4.78 is 5.44. The molecular formula is C15H26N2O. The van der Waals surface area contributed by atoms with Gasteiger partial charge in [-0.05, 0) is 50.0 Å². The molecule has 0 atom stereocenters. The molecule has 1 aromatic carbocycles. The number of methoxy groups -OCH3 is 1. The number of rotatable bonds is 8. The second-order valence-corrected chi connectivity index (χ2v) is 4.85. The van der Waals surface area contributed by atoms with E-state index >= 15 is 0 Å². The normalized spacial score (nSPS) is 10.7. The second-order valence-electron chi connectivity index (χ2n) is 4.85. The minimum Gasteiger partial charge on any atom is -0.495 e. The van der Waals surface area contributed by atoms with E-state index in [0.717, 1.165) is 30.9 Å². The molecule has 0 amide bonds. The fourth-order valence-corrected chi connectivity index (χ4v) is 1.86. The summed E-state index contributed by atoms with van der Waals surface area (Å²) in [6, 6.07) is 6.41. The first-order valence-electron chi connectivity index (χ1n) is 6.75. The minimum absolute atomic E-state index is 0.531. The SMILES string of the molecule is CNCCCCNc1ccc(C(C)C)cc1OC. The molecule has 0 aromatic heterocycles. The van der Waals surface area contributed by atoms with Crippen LogP contribution in [0.1, 0.15) is 38.2 Å². The minimum atomic E-state index is 0.531. The molecule has 3 heteroatoms. The van der Waals surface area contributed by atoms with Crippen LogP contribution in [0.5, 0.6) is 5.75 Å². The Kier molecular flexibility index (Phi) is 6.58. The molecule has 0 radical (unpaired) electrons. The first kappa shape index (κ1) is 14.8. The Morgan fingerprint density at radius 1 is 1.17 bits per heavy atom. The highest BCUT2D eigenvalue weighted by molar-refractivity contribution is 5.58. The van der Waals surface area contributed by atoms with Crippen LogP contribution in [0.3, 0.4) is 0 Å². The molecule has 0 spiro atoms. The second kappa shape index (κ2) is 7.98. The van der Waals surface area contributed by atoms with Gasteiger partial charge in [0, 0.05) is 6.54 Å². The van der Waals surface area contributed by atoms with Gasteiger partial charge in [0.1, 0.15) is 5.75 Å². The van der Waals surface area contributed by atoms with Crippen molar-refractivity contribution in [3.05, 3.63) is 23.8 Å². The van der Waals surface area contributed by atoms with E-state index in [1.807, 2.05) is 7.05 Å². The lowest BCUT2D eigenvalue weighted by atomic mass is 10.0. The highest BCUT2D eigenvalue weighted by Gasteiger charge is 2.06. The van der Waals surface area contributed by atoms with Crippen molar-refractivity contribution in [3.8, 4) is 5.75 Å². The number of benzene rings is 1. The molecule has 0 fully saturated rings. The molecule has 0 heterocycles. The zero-order valence-corrected chi connectivity index (χ0v) is 12.0. The molecule has 0 aliphatic rings. The van der Waals surface area contributed by atoms with E-state index in [1.165, 1.54) is 12.0 Å². The van der Waals surface area contributed by atoms with Crippen LogP contribution in [-0.4, -0.2) is 27.2 Å². The maximum atomic E-state index is 5.44. The zero-order chi connectivity index (χ0) is 13.4. The van der Waals surface area contributed by atoms with E-state index in [9.17, 15) is 0 Å². The van der Waals surface area contributed by atoms with Crippen molar-refractivity contribution in [2.75, 3.05) is 32.6 Å². The third-order valence-electron chi connectivity index (χ3n) is 3.06. The number of hydrogen-bond acceptors (Lipinski definition) is 3. The molecule has 0 bridgehead atoms.